The van der Waals surface area contributed by atoms with Crippen molar-refractivity contribution in [3.63, 3.8) is 0 Å². The minimum atomic E-state index is -5.11. The van der Waals surface area contributed by atoms with Crippen LogP contribution < -0.4 is 0 Å². The lowest BCUT2D eigenvalue weighted by atomic mass is 9.48. The van der Waals surface area contributed by atoms with E-state index in [2.05, 4.69) is 0 Å². The molecule has 232 valence electrons. The monoisotopic (exact) mass is 611 g/mol. The summed E-state index contributed by atoms with van der Waals surface area (Å²) in [5.74, 6) is -1.46. The first-order chi connectivity index (χ1) is 20.0. The fourth-order valence-electron chi connectivity index (χ4n) is 8.35. The van der Waals surface area contributed by atoms with Crippen molar-refractivity contribution in [1.29, 1.82) is 0 Å². The average molecular weight is 612 g/mol. The van der Waals surface area contributed by atoms with Crippen LogP contribution in [0.3, 0.4) is 0 Å². The van der Waals surface area contributed by atoms with E-state index in [-0.39, 0.29) is 35.6 Å². The van der Waals surface area contributed by atoms with Crippen LogP contribution in [0.2, 0.25) is 0 Å². The SMILES string of the molecule is CC(F)(c1ccc2c(c1)CCC1N(C(=O)C3CC4(CC(C(=O)O)C4)C3)CCC21Cc1ccc(C(F)(F)F)cc1)C(F)(F)F. The Bertz CT molecular complexity index is 1430. The Labute approximate surface area is 244 Å². The number of aliphatic carboxylic acids is 1. The predicted molar refractivity (Wildman–Crippen MR) is 142 cm³/mol. The Kier molecular flexibility index (Phi) is 6.75. The van der Waals surface area contributed by atoms with Gasteiger partial charge in [0, 0.05) is 23.9 Å². The number of carboxylic acid groups (broad SMARTS) is 1. The average Bonchev–Trinajstić information content (AvgIpc) is 3.25. The number of likely N-dealkylation sites (tertiary alicyclic amines) is 1. The van der Waals surface area contributed by atoms with Gasteiger partial charge in [-0.25, -0.2) is 4.39 Å². The molecule has 3 fully saturated rings. The summed E-state index contributed by atoms with van der Waals surface area (Å²) >= 11 is 0. The second kappa shape index (κ2) is 9.69. The third-order valence-electron chi connectivity index (χ3n) is 10.7. The Morgan fingerprint density at radius 1 is 0.907 bits per heavy atom. The summed E-state index contributed by atoms with van der Waals surface area (Å²) in [6.07, 6.45) is -5.76. The first-order valence-corrected chi connectivity index (χ1v) is 14.5. The summed E-state index contributed by atoms with van der Waals surface area (Å²) in [6, 6.07) is 8.37. The van der Waals surface area contributed by atoms with Crippen molar-refractivity contribution >= 4 is 11.9 Å². The Balaban J connectivity index is 1.31. The fraction of sp³-hybridized carbons (Fsp3) is 0.562. The van der Waals surface area contributed by atoms with Gasteiger partial charge in [0.2, 0.25) is 11.6 Å². The number of alkyl halides is 7. The molecule has 1 amide bonds. The van der Waals surface area contributed by atoms with Crippen molar-refractivity contribution in [1.82, 2.24) is 4.90 Å². The van der Waals surface area contributed by atoms with Crippen LogP contribution in [0.25, 0.3) is 0 Å². The Morgan fingerprint density at radius 2 is 1.51 bits per heavy atom. The van der Waals surface area contributed by atoms with Crippen LogP contribution in [0.5, 0.6) is 0 Å². The van der Waals surface area contributed by atoms with Crippen molar-refractivity contribution in [3.8, 4) is 0 Å². The molecule has 0 radical (unpaired) electrons. The molecule has 6 rings (SSSR count). The molecule has 1 heterocycles. The van der Waals surface area contributed by atoms with Gasteiger partial charge >= 0.3 is 18.3 Å². The Hall–Kier alpha value is -3.11. The number of carboxylic acids is 1. The molecular formula is C32H32F7NO3. The van der Waals surface area contributed by atoms with Crippen LogP contribution in [0.4, 0.5) is 30.7 Å². The zero-order valence-corrected chi connectivity index (χ0v) is 23.5. The minimum absolute atomic E-state index is 0.0304. The molecule has 43 heavy (non-hydrogen) atoms. The van der Waals surface area contributed by atoms with Gasteiger partial charge in [-0.2, -0.15) is 26.3 Å². The van der Waals surface area contributed by atoms with Crippen LogP contribution in [0, 0.1) is 17.3 Å². The van der Waals surface area contributed by atoms with Gasteiger partial charge in [-0.15, -0.1) is 0 Å². The van der Waals surface area contributed by atoms with E-state index in [1.807, 2.05) is 4.90 Å². The van der Waals surface area contributed by atoms with Crippen LogP contribution in [-0.2, 0) is 39.7 Å². The highest BCUT2D eigenvalue weighted by atomic mass is 19.4. The van der Waals surface area contributed by atoms with Crippen molar-refractivity contribution in [2.24, 2.45) is 17.3 Å². The molecule has 0 bridgehead atoms. The number of hydrogen-bond acceptors (Lipinski definition) is 2. The zero-order chi connectivity index (χ0) is 31.2. The number of carbonyl (C=O) groups is 2. The third kappa shape index (κ3) is 4.81. The molecule has 3 unspecified atom stereocenters. The topological polar surface area (TPSA) is 57.6 Å². The molecule has 0 aromatic heterocycles. The summed E-state index contributed by atoms with van der Waals surface area (Å²) in [7, 11) is 0. The molecule has 3 aliphatic carbocycles. The van der Waals surface area contributed by atoms with E-state index in [0.29, 0.717) is 75.1 Å². The standard InChI is InChI=1S/C32H32F7NO3/c1-28(33,32(37,38)39)23-7-8-24-19(12-23)4-9-25-30(24,13-18-2-5-22(6-3-18)31(34,35)36)10-11-40(25)26(41)20-14-29(15-20)16-21(17-29)27(42)43/h2-3,5-8,12,20-21,25H,4,9-11,13-17H2,1H3,(H,42,43). The number of halogens is 7. The van der Waals surface area contributed by atoms with Crippen molar-refractivity contribution in [2.45, 2.75) is 87.8 Å². The molecule has 1 spiro atoms. The van der Waals surface area contributed by atoms with Gasteiger partial charge < -0.3 is 10.0 Å². The maximum absolute atomic E-state index is 14.9. The maximum Gasteiger partial charge on any atom is 0.426 e. The fourth-order valence-corrected chi connectivity index (χ4v) is 8.35. The number of rotatable bonds is 5. The van der Waals surface area contributed by atoms with Crippen LogP contribution in [0.15, 0.2) is 42.5 Å². The highest BCUT2D eigenvalue weighted by Crippen LogP contribution is 2.62. The molecule has 1 aliphatic heterocycles. The number of benzene rings is 2. The number of amides is 1. The molecule has 1 saturated heterocycles. The Morgan fingerprint density at radius 3 is 2.09 bits per heavy atom. The molecule has 1 N–H and O–H groups in total. The lowest BCUT2D eigenvalue weighted by Gasteiger charge is -2.57. The van der Waals surface area contributed by atoms with E-state index in [4.69, 9.17) is 0 Å². The van der Waals surface area contributed by atoms with E-state index >= 15 is 0 Å². The molecule has 4 aliphatic rings. The largest absolute Gasteiger partial charge is 0.481 e. The molecule has 3 atom stereocenters. The number of aryl methyl sites for hydroxylation is 1. The van der Waals surface area contributed by atoms with E-state index < -0.39 is 40.5 Å². The van der Waals surface area contributed by atoms with E-state index in [9.17, 15) is 45.4 Å². The number of hydrogen-bond donors (Lipinski definition) is 1. The van der Waals surface area contributed by atoms with Crippen molar-refractivity contribution in [3.05, 3.63) is 70.3 Å². The molecule has 2 aromatic rings. The lowest BCUT2D eigenvalue weighted by Crippen LogP contribution is -2.56. The van der Waals surface area contributed by atoms with E-state index in [1.165, 1.54) is 24.3 Å². The summed E-state index contributed by atoms with van der Waals surface area (Å²) in [5.41, 5.74) is -3.87. The van der Waals surface area contributed by atoms with Gasteiger partial charge in [-0.05, 0) is 98.1 Å². The van der Waals surface area contributed by atoms with Crippen LogP contribution in [0.1, 0.15) is 73.3 Å². The van der Waals surface area contributed by atoms with Gasteiger partial charge in [0.25, 0.3) is 0 Å². The molecule has 2 saturated carbocycles. The van der Waals surface area contributed by atoms with Crippen LogP contribution >= 0.6 is 0 Å². The number of carbonyl (C=O) groups excluding carboxylic acids is 1. The lowest BCUT2D eigenvalue weighted by molar-refractivity contribution is -0.228. The van der Waals surface area contributed by atoms with E-state index in [0.717, 1.165) is 18.2 Å². The minimum Gasteiger partial charge on any atom is -0.481 e. The third-order valence-corrected chi connectivity index (χ3v) is 10.7. The van der Waals surface area contributed by atoms with Crippen molar-refractivity contribution in [2.75, 3.05) is 6.54 Å². The highest BCUT2D eigenvalue weighted by Gasteiger charge is 2.60. The first-order valence-electron chi connectivity index (χ1n) is 14.5. The normalized spacial score (nSPS) is 31.4. The van der Waals surface area contributed by atoms with Crippen LogP contribution in [-0.4, -0.2) is 40.6 Å². The quantitative estimate of drug-likeness (QED) is 0.360. The van der Waals surface area contributed by atoms with E-state index in [1.54, 1.807) is 0 Å². The van der Waals surface area contributed by atoms with Gasteiger partial charge in [0.15, 0.2) is 0 Å². The second-order valence-electron chi connectivity index (χ2n) is 13.3. The zero-order valence-electron chi connectivity index (χ0n) is 23.5. The second-order valence-corrected chi connectivity index (χ2v) is 13.3. The summed E-state index contributed by atoms with van der Waals surface area (Å²) < 4.78 is 95.1. The molecule has 2 aromatic carbocycles. The summed E-state index contributed by atoms with van der Waals surface area (Å²) in [6.45, 7) is 0.871. The molecule has 4 nitrogen and oxygen atoms in total. The van der Waals surface area contributed by atoms with Gasteiger partial charge in [0.1, 0.15) is 0 Å². The summed E-state index contributed by atoms with van der Waals surface area (Å²) in [4.78, 5) is 26.9. The predicted octanol–water partition coefficient (Wildman–Crippen LogP) is 7.37. The number of fused-ring (bicyclic) bond motifs is 3. The maximum atomic E-state index is 14.9. The van der Waals surface area contributed by atoms with Crippen molar-refractivity contribution < 1.29 is 45.4 Å². The number of nitrogens with zero attached hydrogens (tertiary/aromatic N) is 1. The first kappa shape index (κ1) is 29.9. The molecule has 11 heteroatoms. The molecular weight excluding hydrogens is 579 g/mol. The highest BCUT2D eigenvalue weighted by molar-refractivity contribution is 5.82. The van der Waals surface area contributed by atoms with Gasteiger partial charge in [-0.1, -0.05) is 30.3 Å². The van der Waals surface area contributed by atoms with Gasteiger partial charge in [0.05, 0.1) is 11.5 Å². The summed E-state index contributed by atoms with van der Waals surface area (Å²) in [5, 5.41) is 9.24. The smallest absolute Gasteiger partial charge is 0.426 e. The van der Waals surface area contributed by atoms with Gasteiger partial charge in [-0.3, -0.25) is 9.59 Å².